The molecule has 0 atom stereocenters. The summed E-state index contributed by atoms with van der Waals surface area (Å²) >= 11 is 0. The third kappa shape index (κ3) is 4.27. The Morgan fingerprint density at radius 1 is 1.04 bits per heavy atom. The molecule has 0 amide bonds. The number of pyridine rings is 1. The lowest BCUT2D eigenvalue weighted by Gasteiger charge is -2.09. The summed E-state index contributed by atoms with van der Waals surface area (Å²) < 4.78 is 0. The van der Waals surface area contributed by atoms with Crippen LogP contribution in [0.15, 0.2) is 54.7 Å². The number of carbonyl (C=O) groups excluding carboxylic acids is 1. The van der Waals surface area contributed by atoms with Crippen LogP contribution >= 0.6 is 0 Å². The molecule has 0 radical (unpaired) electrons. The van der Waals surface area contributed by atoms with E-state index in [0.717, 1.165) is 41.5 Å². The number of ketones is 1. The molecule has 0 saturated carbocycles. The van der Waals surface area contributed by atoms with Crippen molar-refractivity contribution in [2.24, 2.45) is 0 Å². The number of phenols is 1. The number of rotatable bonds is 7. The lowest BCUT2D eigenvalue weighted by Crippen LogP contribution is -2.13. The van der Waals surface area contributed by atoms with Gasteiger partial charge in [-0.25, -0.2) is 0 Å². The number of carbonyl (C=O) groups is 1. The van der Waals surface area contributed by atoms with E-state index in [1.54, 1.807) is 12.3 Å². The van der Waals surface area contributed by atoms with Crippen LogP contribution in [-0.2, 0) is 0 Å². The van der Waals surface area contributed by atoms with Crippen molar-refractivity contribution in [3.05, 3.63) is 60.3 Å². The van der Waals surface area contributed by atoms with E-state index in [1.165, 1.54) is 0 Å². The fraction of sp³-hybridized carbons (Fsp3) is 0.273. The molecule has 2 aromatic carbocycles. The second-order valence-electron chi connectivity index (χ2n) is 6.83. The van der Waals surface area contributed by atoms with Crippen LogP contribution in [0.4, 0.5) is 0 Å². The lowest BCUT2D eigenvalue weighted by molar-refractivity contribution is 0.0978. The second-order valence-corrected chi connectivity index (χ2v) is 6.83. The summed E-state index contributed by atoms with van der Waals surface area (Å²) in [5.74, 6) is 0.347. The van der Waals surface area contributed by atoms with Gasteiger partial charge in [0.2, 0.25) is 0 Å². The number of nitrogens with zero attached hydrogens (tertiary/aromatic N) is 2. The number of hydrogen-bond donors (Lipinski definition) is 1. The van der Waals surface area contributed by atoms with E-state index < -0.39 is 0 Å². The van der Waals surface area contributed by atoms with Gasteiger partial charge in [0, 0.05) is 23.6 Å². The van der Waals surface area contributed by atoms with Crippen molar-refractivity contribution < 1.29 is 9.90 Å². The molecule has 1 aromatic heterocycles. The van der Waals surface area contributed by atoms with Crippen LogP contribution in [0.3, 0.4) is 0 Å². The fourth-order valence-electron chi connectivity index (χ4n) is 3.05. The van der Waals surface area contributed by atoms with Gasteiger partial charge in [-0.1, -0.05) is 30.3 Å². The third-order valence-electron chi connectivity index (χ3n) is 4.48. The van der Waals surface area contributed by atoms with Crippen molar-refractivity contribution >= 4 is 16.7 Å². The van der Waals surface area contributed by atoms with E-state index in [0.29, 0.717) is 11.9 Å². The number of hydrogen-bond acceptors (Lipinski definition) is 4. The first-order valence-electron chi connectivity index (χ1n) is 8.91. The van der Waals surface area contributed by atoms with Gasteiger partial charge in [0.25, 0.3) is 0 Å². The maximum absolute atomic E-state index is 12.3. The largest absolute Gasteiger partial charge is 0.506 e. The molecule has 0 bridgehead atoms. The first-order valence-corrected chi connectivity index (χ1v) is 8.91. The average Bonchev–Trinajstić information content (AvgIpc) is 2.65. The molecule has 1 heterocycles. The number of aromatic nitrogens is 1. The van der Waals surface area contributed by atoms with Crippen molar-refractivity contribution in [1.82, 2.24) is 9.88 Å². The summed E-state index contributed by atoms with van der Waals surface area (Å²) in [6, 6.07) is 15.1. The van der Waals surface area contributed by atoms with Gasteiger partial charge >= 0.3 is 0 Å². The molecular formula is C22H24N2O2. The highest BCUT2D eigenvalue weighted by Crippen LogP contribution is 2.30. The lowest BCUT2D eigenvalue weighted by atomic mass is 9.99. The number of unbranched alkanes of at least 4 members (excludes halogenated alkanes) is 1. The smallest absolute Gasteiger partial charge is 0.162 e. The molecule has 0 saturated heterocycles. The van der Waals surface area contributed by atoms with Gasteiger partial charge in [-0.05, 0) is 62.8 Å². The zero-order chi connectivity index (χ0) is 18.5. The quantitative estimate of drug-likeness (QED) is 0.504. The third-order valence-corrected chi connectivity index (χ3v) is 4.48. The molecule has 0 aliphatic rings. The van der Waals surface area contributed by atoms with E-state index in [2.05, 4.69) is 9.88 Å². The van der Waals surface area contributed by atoms with Gasteiger partial charge in [-0.2, -0.15) is 0 Å². The monoisotopic (exact) mass is 348 g/mol. The van der Waals surface area contributed by atoms with Crippen LogP contribution in [0.5, 0.6) is 5.75 Å². The van der Waals surface area contributed by atoms with Gasteiger partial charge in [-0.3, -0.25) is 9.78 Å². The van der Waals surface area contributed by atoms with Crippen molar-refractivity contribution in [2.75, 3.05) is 20.6 Å². The topological polar surface area (TPSA) is 53.4 Å². The zero-order valence-electron chi connectivity index (χ0n) is 15.3. The standard InChI is InChI=1S/C22H24N2O2/c1-24(2)13-4-3-7-20(25)17-10-8-16(9-11-17)19-14-18-6-5-12-23-22(18)21(26)15-19/h5-6,8-12,14-15,26H,3-4,7,13H2,1-2H3. The average molecular weight is 348 g/mol. The van der Waals surface area contributed by atoms with Crippen molar-refractivity contribution in [3.63, 3.8) is 0 Å². The molecule has 0 aliphatic carbocycles. The maximum Gasteiger partial charge on any atom is 0.162 e. The highest BCUT2D eigenvalue weighted by molar-refractivity contribution is 5.96. The Morgan fingerprint density at radius 2 is 1.81 bits per heavy atom. The van der Waals surface area contributed by atoms with Crippen LogP contribution in [0.2, 0.25) is 0 Å². The molecule has 3 aromatic rings. The van der Waals surface area contributed by atoms with E-state index >= 15 is 0 Å². The maximum atomic E-state index is 12.3. The summed E-state index contributed by atoms with van der Waals surface area (Å²) in [5.41, 5.74) is 3.22. The Bertz CT molecular complexity index is 902. The number of fused-ring (bicyclic) bond motifs is 1. The summed E-state index contributed by atoms with van der Waals surface area (Å²) in [5, 5.41) is 11.1. The van der Waals surface area contributed by atoms with Crippen LogP contribution < -0.4 is 0 Å². The summed E-state index contributed by atoms with van der Waals surface area (Å²) in [4.78, 5) is 18.6. The first-order chi connectivity index (χ1) is 12.5. The molecule has 26 heavy (non-hydrogen) atoms. The van der Waals surface area contributed by atoms with Crippen molar-refractivity contribution in [2.45, 2.75) is 19.3 Å². The van der Waals surface area contributed by atoms with E-state index in [4.69, 9.17) is 0 Å². The summed E-state index contributed by atoms with van der Waals surface area (Å²) in [6.07, 6.45) is 4.18. The van der Waals surface area contributed by atoms with Crippen LogP contribution in [0.25, 0.3) is 22.0 Å². The van der Waals surface area contributed by atoms with Crippen LogP contribution in [0, 0.1) is 0 Å². The van der Waals surface area contributed by atoms with E-state index in [1.807, 2.05) is 56.6 Å². The first kappa shape index (κ1) is 18.1. The minimum absolute atomic E-state index is 0.166. The van der Waals surface area contributed by atoms with Gasteiger partial charge in [0.05, 0.1) is 0 Å². The number of Topliss-reactive ketones (excluding diaryl/α,β-unsaturated/α-hetero) is 1. The van der Waals surface area contributed by atoms with Crippen LogP contribution in [0.1, 0.15) is 29.6 Å². The molecule has 3 rings (SSSR count). The summed E-state index contributed by atoms with van der Waals surface area (Å²) in [6.45, 7) is 1.01. The van der Waals surface area contributed by atoms with Gasteiger partial charge < -0.3 is 10.0 Å². The molecule has 1 N–H and O–H groups in total. The SMILES string of the molecule is CN(C)CCCCC(=O)c1ccc(-c2cc(O)c3ncccc3c2)cc1. The Kier molecular flexibility index (Phi) is 5.64. The van der Waals surface area contributed by atoms with Gasteiger partial charge in [-0.15, -0.1) is 0 Å². The molecular weight excluding hydrogens is 324 g/mol. The van der Waals surface area contributed by atoms with Gasteiger partial charge in [0.15, 0.2) is 5.78 Å². The highest BCUT2D eigenvalue weighted by atomic mass is 16.3. The molecule has 4 nitrogen and oxygen atoms in total. The summed E-state index contributed by atoms with van der Waals surface area (Å²) in [7, 11) is 4.09. The zero-order valence-corrected chi connectivity index (χ0v) is 15.3. The van der Waals surface area contributed by atoms with Gasteiger partial charge in [0.1, 0.15) is 11.3 Å². The predicted molar refractivity (Wildman–Crippen MR) is 106 cm³/mol. The Labute approximate surface area is 154 Å². The molecule has 0 unspecified atom stereocenters. The Balaban J connectivity index is 1.72. The normalized spacial score (nSPS) is 11.2. The predicted octanol–water partition coefficient (Wildman–Crippen LogP) is 4.52. The number of aromatic hydroxyl groups is 1. The molecule has 0 fully saturated rings. The Hall–Kier alpha value is -2.72. The molecule has 0 spiro atoms. The molecule has 4 heteroatoms. The Morgan fingerprint density at radius 3 is 2.54 bits per heavy atom. The number of benzene rings is 2. The number of phenolic OH excluding ortho intramolecular Hbond substituents is 1. The minimum atomic E-state index is 0.166. The second kappa shape index (κ2) is 8.11. The minimum Gasteiger partial charge on any atom is -0.506 e. The van der Waals surface area contributed by atoms with E-state index in [-0.39, 0.29) is 11.5 Å². The molecule has 0 aliphatic heterocycles. The highest BCUT2D eigenvalue weighted by Gasteiger charge is 2.09. The molecule has 134 valence electrons. The van der Waals surface area contributed by atoms with E-state index in [9.17, 15) is 9.90 Å². The van der Waals surface area contributed by atoms with Crippen molar-refractivity contribution in [1.29, 1.82) is 0 Å². The fourth-order valence-corrected chi connectivity index (χ4v) is 3.05. The van der Waals surface area contributed by atoms with Crippen molar-refractivity contribution in [3.8, 4) is 16.9 Å². The van der Waals surface area contributed by atoms with Crippen LogP contribution in [-0.4, -0.2) is 41.4 Å².